The summed E-state index contributed by atoms with van der Waals surface area (Å²) < 4.78 is 0. The van der Waals surface area contributed by atoms with Crippen LogP contribution in [0.3, 0.4) is 0 Å². The second-order valence-corrected chi connectivity index (χ2v) is 8.62. The Hall–Kier alpha value is -3.23. The van der Waals surface area contributed by atoms with E-state index in [1.165, 1.54) is 62.7 Å². The number of rotatable bonds is 10. The molecule has 0 bridgehead atoms. The van der Waals surface area contributed by atoms with Crippen molar-refractivity contribution in [3.8, 4) is 0 Å². The van der Waals surface area contributed by atoms with Gasteiger partial charge in [0.25, 0.3) is 0 Å². The molecule has 0 fully saturated rings. The van der Waals surface area contributed by atoms with Crippen molar-refractivity contribution < 1.29 is 0 Å². The molecule has 0 aliphatic rings. The number of hydrogen-bond donors (Lipinski definition) is 1. The lowest BCUT2D eigenvalue weighted by molar-refractivity contribution is 0.591. The largest absolute Gasteiger partial charge is 0.313 e. The van der Waals surface area contributed by atoms with Crippen molar-refractivity contribution in [2.75, 3.05) is 13.1 Å². The molecule has 5 rings (SSSR count). The molecule has 32 heavy (non-hydrogen) atoms. The van der Waals surface area contributed by atoms with E-state index in [-0.39, 0.29) is 0 Å². The van der Waals surface area contributed by atoms with Crippen LogP contribution in [0.1, 0.15) is 36.8 Å². The summed E-state index contributed by atoms with van der Waals surface area (Å²) in [7, 11) is 0. The van der Waals surface area contributed by atoms with Crippen molar-refractivity contribution in [3.05, 3.63) is 96.1 Å². The van der Waals surface area contributed by atoms with E-state index in [1.54, 1.807) is 0 Å². The molecule has 2 nitrogen and oxygen atoms in total. The summed E-state index contributed by atoms with van der Waals surface area (Å²) in [6.07, 6.45) is 6.96. The first kappa shape index (κ1) is 20.7. The highest BCUT2D eigenvalue weighted by Gasteiger charge is 2.09. The summed E-state index contributed by atoms with van der Waals surface area (Å²) in [5.74, 6) is 0. The fourth-order valence-corrected chi connectivity index (χ4v) is 4.67. The molecule has 0 saturated heterocycles. The lowest BCUT2D eigenvalue weighted by Gasteiger charge is -2.12. The van der Waals surface area contributed by atoms with E-state index < -0.39 is 0 Å². The van der Waals surface area contributed by atoms with Gasteiger partial charge >= 0.3 is 0 Å². The highest BCUT2D eigenvalue weighted by Crippen LogP contribution is 2.35. The quantitative estimate of drug-likeness (QED) is 0.143. The molecule has 0 aliphatic carbocycles. The number of unbranched alkanes of at least 4 members (excludes halogenated alkanes) is 3. The summed E-state index contributed by atoms with van der Waals surface area (Å²) in [4.78, 5) is 4.76. The van der Waals surface area contributed by atoms with E-state index in [0.29, 0.717) is 0 Å². The fraction of sp³-hybridized carbons (Fsp3) is 0.233. The van der Waals surface area contributed by atoms with Crippen LogP contribution < -0.4 is 5.32 Å². The Morgan fingerprint density at radius 2 is 1.34 bits per heavy atom. The topological polar surface area (TPSA) is 24.4 Å². The van der Waals surface area contributed by atoms with Crippen molar-refractivity contribution in [1.82, 2.24) is 5.32 Å². The van der Waals surface area contributed by atoms with Gasteiger partial charge in [-0.1, -0.05) is 97.8 Å². The number of hydrogen-bond acceptors (Lipinski definition) is 2. The summed E-state index contributed by atoms with van der Waals surface area (Å²) in [6.45, 7) is 2.95. The zero-order valence-corrected chi connectivity index (χ0v) is 18.6. The van der Waals surface area contributed by atoms with E-state index in [1.807, 2.05) is 0 Å². The van der Waals surface area contributed by atoms with Gasteiger partial charge in [0, 0.05) is 24.9 Å². The van der Waals surface area contributed by atoms with Crippen LogP contribution >= 0.6 is 0 Å². The molecule has 2 heteroatoms. The predicted octanol–water partition coefficient (Wildman–Crippen LogP) is 7.35. The van der Waals surface area contributed by atoms with Gasteiger partial charge in [0.15, 0.2) is 0 Å². The van der Waals surface area contributed by atoms with Crippen LogP contribution in [0.4, 0.5) is 0 Å². The Balaban J connectivity index is 1.12. The summed E-state index contributed by atoms with van der Waals surface area (Å²) in [6, 6.07) is 30.6. The van der Waals surface area contributed by atoms with Crippen molar-refractivity contribution >= 4 is 38.5 Å². The van der Waals surface area contributed by atoms with Crippen LogP contribution in [0.15, 0.2) is 89.9 Å². The number of aliphatic imine (C=N–C) groups is 1. The van der Waals surface area contributed by atoms with Crippen molar-refractivity contribution in [1.29, 1.82) is 0 Å². The normalized spacial score (nSPS) is 12.0. The van der Waals surface area contributed by atoms with Gasteiger partial charge in [0.2, 0.25) is 0 Å². The SMILES string of the molecule is C(=NCCCCCCNCc1ccccc1)c1ccc2ccc3cccc4ccc1c2c34. The number of nitrogens with one attached hydrogen (secondary N) is 1. The molecule has 0 atom stereocenters. The summed E-state index contributed by atoms with van der Waals surface area (Å²) in [5.41, 5.74) is 2.58. The summed E-state index contributed by atoms with van der Waals surface area (Å²) >= 11 is 0. The van der Waals surface area contributed by atoms with E-state index in [4.69, 9.17) is 4.99 Å². The van der Waals surface area contributed by atoms with Crippen LogP contribution in [-0.2, 0) is 6.54 Å². The van der Waals surface area contributed by atoms with Gasteiger partial charge in [-0.3, -0.25) is 4.99 Å². The molecule has 0 heterocycles. The molecule has 0 amide bonds. The van der Waals surface area contributed by atoms with E-state index >= 15 is 0 Å². The highest BCUT2D eigenvalue weighted by molar-refractivity contribution is 6.25. The lowest BCUT2D eigenvalue weighted by Crippen LogP contribution is -2.14. The van der Waals surface area contributed by atoms with Crippen LogP contribution in [-0.4, -0.2) is 19.3 Å². The molecule has 5 aromatic rings. The smallest absolute Gasteiger partial charge is 0.0389 e. The molecule has 0 saturated carbocycles. The minimum absolute atomic E-state index is 0.902. The van der Waals surface area contributed by atoms with Gasteiger partial charge in [-0.2, -0.15) is 0 Å². The van der Waals surface area contributed by atoms with Gasteiger partial charge in [0.05, 0.1) is 0 Å². The average molecular weight is 419 g/mol. The first-order valence-corrected chi connectivity index (χ1v) is 11.8. The third kappa shape index (κ3) is 4.51. The van der Waals surface area contributed by atoms with E-state index in [2.05, 4.69) is 96.5 Å². The van der Waals surface area contributed by atoms with Gasteiger partial charge in [-0.15, -0.1) is 0 Å². The number of benzene rings is 5. The minimum Gasteiger partial charge on any atom is -0.313 e. The Morgan fingerprint density at radius 3 is 2.19 bits per heavy atom. The monoisotopic (exact) mass is 418 g/mol. The molecule has 160 valence electrons. The second kappa shape index (κ2) is 9.93. The lowest BCUT2D eigenvalue weighted by atomic mass is 9.92. The zero-order valence-electron chi connectivity index (χ0n) is 18.6. The first-order chi connectivity index (χ1) is 15.9. The third-order valence-electron chi connectivity index (χ3n) is 6.36. The molecule has 0 aliphatic heterocycles. The second-order valence-electron chi connectivity index (χ2n) is 8.62. The van der Waals surface area contributed by atoms with Crippen LogP contribution in [0, 0.1) is 0 Å². The van der Waals surface area contributed by atoms with Crippen molar-refractivity contribution in [2.24, 2.45) is 4.99 Å². The molecule has 0 unspecified atom stereocenters. The van der Waals surface area contributed by atoms with Crippen molar-refractivity contribution in [3.63, 3.8) is 0 Å². The standard InChI is InChI=1S/C30H30N2/c1(6-19-31-21-23-9-4-3-5-10-23)2-7-20-32-22-27-16-15-26-14-13-24-11-8-12-25-17-18-28(27)30(26)29(24)25/h3-5,8-18,22,31H,1-2,6-7,19-21H2. The Morgan fingerprint density at radius 1 is 0.625 bits per heavy atom. The number of nitrogens with zero attached hydrogens (tertiary/aromatic N) is 1. The van der Waals surface area contributed by atoms with Crippen molar-refractivity contribution in [2.45, 2.75) is 32.2 Å². The average Bonchev–Trinajstić information content (AvgIpc) is 2.85. The molecular formula is C30H30N2. The Labute approximate surface area is 190 Å². The first-order valence-electron chi connectivity index (χ1n) is 11.8. The van der Waals surface area contributed by atoms with Gasteiger partial charge in [-0.05, 0) is 57.3 Å². The molecule has 0 radical (unpaired) electrons. The molecule has 5 aromatic carbocycles. The molecule has 0 aromatic heterocycles. The van der Waals surface area contributed by atoms with Crippen LogP contribution in [0.5, 0.6) is 0 Å². The van der Waals surface area contributed by atoms with Gasteiger partial charge in [0.1, 0.15) is 0 Å². The zero-order chi connectivity index (χ0) is 21.6. The molecule has 1 N–H and O–H groups in total. The Bertz CT molecular complexity index is 1310. The van der Waals surface area contributed by atoms with Crippen LogP contribution in [0.25, 0.3) is 32.3 Å². The van der Waals surface area contributed by atoms with Crippen LogP contribution in [0.2, 0.25) is 0 Å². The Kier molecular flexibility index (Phi) is 6.41. The summed E-state index contributed by atoms with van der Waals surface area (Å²) in [5, 5.41) is 11.5. The third-order valence-corrected chi connectivity index (χ3v) is 6.36. The molecular weight excluding hydrogens is 388 g/mol. The minimum atomic E-state index is 0.902. The van der Waals surface area contributed by atoms with Gasteiger partial charge in [-0.25, -0.2) is 0 Å². The maximum absolute atomic E-state index is 4.76. The maximum atomic E-state index is 4.76. The highest BCUT2D eigenvalue weighted by atomic mass is 14.8. The van der Waals surface area contributed by atoms with E-state index in [0.717, 1.165) is 26.1 Å². The predicted molar refractivity (Wildman–Crippen MR) is 139 cm³/mol. The van der Waals surface area contributed by atoms with Gasteiger partial charge < -0.3 is 5.32 Å². The van der Waals surface area contributed by atoms with E-state index in [9.17, 15) is 0 Å². The maximum Gasteiger partial charge on any atom is 0.0389 e. The fourth-order valence-electron chi connectivity index (χ4n) is 4.67. The molecule has 0 spiro atoms.